The van der Waals surface area contributed by atoms with Crippen LogP contribution in [0.25, 0.3) is 11.0 Å². The van der Waals surface area contributed by atoms with Crippen molar-refractivity contribution < 1.29 is 9.90 Å². The van der Waals surface area contributed by atoms with Crippen LogP contribution in [0.1, 0.15) is 34.3 Å². The number of nitrogens with one attached hydrogen (secondary N) is 1. The molecule has 1 aliphatic rings. The number of nitrogen functional groups attached to an aromatic ring is 1. The van der Waals surface area contributed by atoms with Crippen LogP contribution < -0.4 is 11.1 Å². The molecule has 4 N–H and O–H groups in total. The quantitative estimate of drug-likeness (QED) is 0.607. The fraction of sp³-hybridized carbons (Fsp3) is 0.250. The van der Waals surface area contributed by atoms with Crippen LogP contribution in [0.2, 0.25) is 0 Å². The van der Waals surface area contributed by atoms with Crippen LogP contribution in [0.4, 0.5) is 5.82 Å². The van der Waals surface area contributed by atoms with E-state index in [0.717, 1.165) is 18.4 Å². The van der Waals surface area contributed by atoms with Crippen molar-refractivity contribution in [1.82, 2.24) is 19.9 Å². The van der Waals surface area contributed by atoms with Gasteiger partial charge in [0.15, 0.2) is 0 Å². The number of hydrogen-bond acceptors (Lipinski definition) is 5. The van der Waals surface area contributed by atoms with Crippen LogP contribution in [0, 0.1) is 11.8 Å². The Bertz CT molecular complexity index is 1070. The standard InChI is InChI=1S/C20H19N5O2/c21-18-17-15(11-25(8-9-26)19(17)23-12-22-18)5-4-13-2-1-3-14(10-13)20(27)24-16-6-7-16/h1-3,10-12,16,26H,6-9H2,(H,24,27)(H2,21,22,23). The number of aromatic nitrogens is 3. The molecule has 7 heteroatoms. The average molecular weight is 361 g/mol. The van der Waals surface area contributed by atoms with Gasteiger partial charge in [-0.05, 0) is 31.0 Å². The fourth-order valence-corrected chi connectivity index (χ4v) is 2.89. The molecule has 0 aliphatic heterocycles. The van der Waals surface area contributed by atoms with Crippen molar-refractivity contribution in [2.75, 3.05) is 12.3 Å². The largest absolute Gasteiger partial charge is 0.395 e. The van der Waals surface area contributed by atoms with Gasteiger partial charge in [0.25, 0.3) is 5.91 Å². The van der Waals surface area contributed by atoms with E-state index in [-0.39, 0.29) is 12.5 Å². The molecule has 2 aromatic heterocycles. The van der Waals surface area contributed by atoms with E-state index in [0.29, 0.717) is 40.6 Å². The Balaban J connectivity index is 1.67. The molecule has 3 aromatic rings. The molecule has 27 heavy (non-hydrogen) atoms. The highest BCUT2D eigenvalue weighted by molar-refractivity contribution is 5.95. The van der Waals surface area contributed by atoms with Gasteiger partial charge in [0.1, 0.15) is 17.8 Å². The van der Waals surface area contributed by atoms with E-state index in [1.165, 1.54) is 6.33 Å². The SMILES string of the molecule is Nc1ncnc2c1c(C#Cc1cccc(C(=O)NC3CC3)c1)cn2CCO. The third-order valence-corrected chi connectivity index (χ3v) is 4.40. The Morgan fingerprint density at radius 2 is 2.19 bits per heavy atom. The lowest BCUT2D eigenvalue weighted by molar-refractivity contribution is 0.0951. The summed E-state index contributed by atoms with van der Waals surface area (Å²) in [6, 6.07) is 7.54. The van der Waals surface area contributed by atoms with E-state index < -0.39 is 0 Å². The van der Waals surface area contributed by atoms with Gasteiger partial charge in [-0.25, -0.2) is 9.97 Å². The summed E-state index contributed by atoms with van der Waals surface area (Å²) in [6.07, 6.45) is 5.30. The number of aliphatic hydroxyl groups is 1. The summed E-state index contributed by atoms with van der Waals surface area (Å²) in [5, 5.41) is 12.9. The molecule has 1 amide bonds. The number of benzene rings is 1. The first kappa shape index (κ1) is 17.1. The summed E-state index contributed by atoms with van der Waals surface area (Å²) in [7, 11) is 0. The number of amides is 1. The second-order valence-corrected chi connectivity index (χ2v) is 6.50. The van der Waals surface area contributed by atoms with Gasteiger partial charge in [-0.15, -0.1) is 0 Å². The average Bonchev–Trinajstić information content (AvgIpc) is 3.41. The van der Waals surface area contributed by atoms with Crippen molar-refractivity contribution in [2.24, 2.45) is 0 Å². The number of carbonyl (C=O) groups excluding carboxylic acids is 1. The third kappa shape index (κ3) is 3.61. The van der Waals surface area contributed by atoms with Crippen LogP contribution in [0.3, 0.4) is 0 Å². The summed E-state index contributed by atoms with van der Waals surface area (Å²) in [5.41, 5.74) is 8.66. The first-order chi connectivity index (χ1) is 13.2. The van der Waals surface area contributed by atoms with Gasteiger partial charge in [-0.3, -0.25) is 4.79 Å². The molecule has 0 bridgehead atoms. The minimum atomic E-state index is -0.0710. The van der Waals surface area contributed by atoms with E-state index in [1.54, 1.807) is 16.7 Å². The molecule has 4 rings (SSSR count). The van der Waals surface area contributed by atoms with Gasteiger partial charge >= 0.3 is 0 Å². The van der Waals surface area contributed by atoms with E-state index in [2.05, 4.69) is 27.1 Å². The van der Waals surface area contributed by atoms with Crippen LogP contribution >= 0.6 is 0 Å². The summed E-state index contributed by atoms with van der Waals surface area (Å²) < 4.78 is 1.80. The first-order valence-electron chi connectivity index (χ1n) is 8.79. The summed E-state index contributed by atoms with van der Waals surface area (Å²) in [5.74, 6) is 6.46. The monoisotopic (exact) mass is 361 g/mol. The molecule has 1 aromatic carbocycles. The highest BCUT2D eigenvalue weighted by atomic mass is 16.3. The minimum Gasteiger partial charge on any atom is -0.395 e. The van der Waals surface area contributed by atoms with E-state index in [4.69, 9.17) is 5.73 Å². The predicted octanol–water partition coefficient (Wildman–Crippen LogP) is 1.30. The predicted molar refractivity (Wildman–Crippen MR) is 102 cm³/mol. The smallest absolute Gasteiger partial charge is 0.251 e. The summed E-state index contributed by atoms with van der Waals surface area (Å²) in [4.78, 5) is 20.5. The van der Waals surface area contributed by atoms with Crippen molar-refractivity contribution in [1.29, 1.82) is 0 Å². The summed E-state index contributed by atoms with van der Waals surface area (Å²) in [6.45, 7) is 0.379. The molecule has 1 fully saturated rings. The van der Waals surface area contributed by atoms with Crippen molar-refractivity contribution in [3.05, 3.63) is 53.5 Å². The lowest BCUT2D eigenvalue weighted by Crippen LogP contribution is -2.25. The summed E-state index contributed by atoms with van der Waals surface area (Å²) >= 11 is 0. The lowest BCUT2D eigenvalue weighted by atomic mass is 10.1. The Morgan fingerprint density at radius 1 is 1.33 bits per heavy atom. The second-order valence-electron chi connectivity index (χ2n) is 6.50. The molecular formula is C20H19N5O2. The first-order valence-corrected chi connectivity index (χ1v) is 8.79. The van der Waals surface area contributed by atoms with Gasteiger partial charge < -0.3 is 20.7 Å². The maximum absolute atomic E-state index is 12.2. The topological polar surface area (TPSA) is 106 Å². The van der Waals surface area contributed by atoms with Crippen LogP contribution in [0.5, 0.6) is 0 Å². The number of fused-ring (bicyclic) bond motifs is 1. The van der Waals surface area contributed by atoms with Gasteiger partial charge in [0, 0.05) is 29.9 Å². The van der Waals surface area contributed by atoms with Gasteiger partial charge in [0.05, 0.1) is 17.6 Å². The number of hydrogen-bond donors (Lipinski definition) is 3. The van der Waals surface area contributed by atoms with Crippen molar-refractivity contribution >= 4 is 22.8 Å². The molecule has 0 spiro atoms. The number of aliphatic hydroxyl groups excluding tert-OH is 1. The lowest BCUT2D eigenvalue weighted by Gasteiger charge is -2.03. The zero-order valence-corrected chi connectivity index (χ0v) is 14.6. The molecule has 0 radical (unpaired) electrons. The number of nitrogens with zero attached hydrogens (tertiary/aromatic N) is 3. The second kappa shape index (κ2) is 7.09. The fourth-order valence-electron chi connectivity index (χ4n) is 2.89. The van der Waals surface area contributed by atoms with Gasteiger partial charge in [-0.1, -0.05) is 17.9 Å². The van der Waals surface area contributed by atoms with Crippen LogP contribution in [0.15, 0.2) is 36.8 Å². The maximum atomic E-state index is 12.2. The Kier molecular flexibility index (Phi) is 4.48. The highest BCUT2D eigenvalue weighted by Gasteiger charge is 2.23. The van der Waals surface area contributed by atoms with Crippen LogP contribution in [-0.2, 0) is 6.54 Å². The highest BCUT2D eigenvalue weighted by Crippen LogP contribution is 2.23. The maximum Gasteiger partial charge on any atom is 0.251 e. The Hall–Kier alpha value is -3.37. The number of rotatable bonds is 4. The number of anilines is 1. The molecule has 7 nitrogen and oxygen atoms in total. The molecule has 136 valence electrons. The number of nitrogens with two attached hydrogens (primary N) is 1. The zero-order valence-electron chi connectivity index (χ0n) is 14.6. The van der Waals surface area contributed by atoms with Crippen molar-refractivity contribution in [3.8, 4) is 11.8 Å². The Labute approximate surface area is 156 Å². The van der Waals surface area contributed by atoms with Crippen molar-refractivity contribution in [2.45, 2.75) is 25.4 Å². The molecule has 1 aliphatic carbocycles. The zero-order chi connectivity index (χ0) is 18.8. The van der Waals surface area contributed by atoms with E-state index in [9.17, 15) is 9.90 Å². The van der Waals surface area contributed by atoms with E-state index in [1.807, 2.05) is 18.3 Å². The molecular weight excluding hydrogens is 342 g/mol. The minimum absolute atomic E-state index is 0.0152. The molecule has 0 atom stereocenters. The molecule has 2 heterocycles. The van der Waals surface area contributed by atoms with Crippen LogP contribution in [-0.4, -0.2) is 38.2 Å². The molecule has 1 saturated carbocycles. The number of carbonyl (C=O) groups is 1. The third-order valence-electron chi connectivity index (χ3n) is 4.40. The Morgan fingerprint density at radius 3 is 2.96 bits per heavy atom. The van der Waals surface area contributed by atoms with Crippen molar-refractivity contribution in [3.63, 3.8) is 0 Å². The van der Waals surface area contributed by atoms with E-state index >= 15 is 0 Å². The molecule has 0 saturated heterocycles. The molecule has 0 unspecified atom stereocenters. The normalized spacial score (nSPS) is 13.2. The van der Waals surface area contributed by atoms with Gasteiger partial charge in [0.2, 0.25) is 0 Å². The van der Waals surface area contributed by atoms with Gasteiger partial charge in [-0.2, -0.15) is 0 Å².